The molecule has 2 heteroatoms. The molecule has 0 aliphatic heterocycles. The van der Waals surface area contributed by atoms with Crippen LogP contribution in [0.25, 0.3) is 0 Å². The molecule has 1 rings (SSSR count). The first-order valence-electron chi connectivity index (χ1n) is 4.89. The van der Waals surface area contributed by atoms with Crippen molar-refractivity contribution in [2.75, 3.05) is 0 Å². The zero-order valence-electron chi connectivity index (χ0n) is 9.97. The summed E-state index contributed by atoms with van der Waals surface area (Å²) in [6, 6.07) is 4.46. The van der Waals surface area contributed by atoms with Crippen LogP contribution in [0.2, 0.25) is 0 Å². The Balaban J connectivity index is 0. The Kier molecular flexibility index (Phi) is 8.31. The highest BCUT2D eigenvalue weighted by atomic mass is 35.5. The summed E-state index contributed by atoms with van der Waals surface area (Å²) < 4.78 is 0. The Morgan fingerprint density at radius 2 is 1.60 bits per heavy atom. The van der Waals surface area contributed by atoms with Gasteiger partial charge in [-0.05, 0) is 48.9 Å². The SMILES string of the molecule is C=CCc1ccc(CC)c(C)c1C.Cl.N. The molecule has 0 aromatic heterocycles. The summed E-state index contributed by atoms with van der Waals surface area (Å²) >= 11 is 0. The van der Waals surface area contributed by atoms with Gasteiger partial charge < -0.3 is 6.15 Å². The molecule has 0 amide bonds. The van der Waals surface area contributed by atoms with Crippen LogP contribution in [-0.4, -0.2) is 0 Å². The van der Waals surface area contributed by atoms with E-state index < -0.39 is 0 Å². The summed E-state index contributed by atoms with van der Waals surface area (Å²) in [6.07, 6.45) is 4.07. The minimum atomic E-state index is 0. The quantitative estimate of drug-likeness (QED) is 0.773. The summed E-state index contributed by atoms with van der Waals surface area (Å²) in [6.45, 7) is 10.4. The topological polar surface area (TPSA) is 35.0 Å². The highest BCUT2D eigenvalue weighted by molar-refractivity contribution is 5.85. The second kappa shape index (κ2) is 7.49. The highest BCUT2D eigenvalue weighted by Gasteiger charge is 2.03. The fourth-order valence-electron chi connectivity index (χ4n) is 1.69. The zero-order valence-corrected chi connectivity index (χ0v) is 10.8. The van der Waals surface area contributed by atoms with Gasteiger partial charge in [0.2, 0.25) is 0 Å². The summed E-state index contributed by atoms with van der Waals surface area (Å²) in [5.74, 6) is 0. The second-order valence-electron chi connectivity index (χ2n) is 3.48. The van der Waals surface area contributed by atoms with Crippen LogP contribution in [-0.2, 0) is 12.8 Å². The molecule has 0 aliphatic rings. The van der Waals surface area contributed by atoms with Crippen LogP contribution in [0.1, 0.15) is 29.2 Å². The van der Waals surface area contributed by atoms with Crippen molar-refractivity contribution in [3.63, 3.8) is 0 Å². The average Bonchev–Trinajstić information content (AvgIpc) is 2.14. The predicted octanol–water partition coefficient (Wildman–Crippen LogP) is 4.18. The summed E-state index contributed by atoms with van der Waals surface area (Å²) in [4.78, 5) is 0. The van der Waals surface area contributed by atoms with E-state index in [1.807, 2.05) is 6.08 Å². The normalized spacial score (nSPS) is 8.73. The molecular formula is C13H22ClN. The number of aryl methyl sites for hydroxylation is 1. The molecular weight excluding hydrogens is 206 g/mol. The monoisotopic (exact) mass is 227 g/mol. The van der Waals surface area contributed by atoms with Crippen LogP contribution >= 0.6 is 12.4 Å². The molecule has 0 aliphatic carbocycles. The predicted molar refractivity (Wildman–Crippen MR) is 71.5 cm³/mol. The molecule has 0 saturated carbocycles. The first kappa shape index (κ1) is 16.6. The standard InChI is InChI=1S/C13H18.ClH.H3N/c1-5-7-13-9-8-12(6-2)10(3)11(13)4;;/h5,8-9H,1,6-7H2,2-4H3;1H;1H3. The molecule has 0 unspecified atom stereocenters. The van der Waals surface area contributed by atoms with E-state index in [0.29, 0.717) is 0 Å². The van der Waals surface area contributed by atoms with E-state index in [2.05, 4.69) is 39.5 Å². The first-order valence-corrected chi connectivity index (χ1v) is 4.89. The summed E-state index contributed by atoms with van der Waals surface area (Å²) in [5.41, 5.74) is 5.75. The van der Waals surface area contributed by atoms with E-state index in [1.54, 1.807) is 0 Å². The fraction of sp³-hybridized carbons (Fsp3) is 0.385. The molecule has 3 N–H and O–H groups in total. The first-order chi connectivity index (χ1) is 6.20. The molecule has 0 atom stereocenters. The van der Waals surface area contributed by atoms with E-state index in [1.165, 1.54) is 22.3 Å². The maximum atomic E-state index is 3.77. The van der Waals surface area contributed by atoms with Crippen LogP contribution in [0, 0.1) is 13.8 Å². The van der Waals surface area contributed by atoms with Crippen molar-refractivity contribution in [1.29, 1.82) is 0 Å². The Morgan fingerprint density at radius 1 is 1.13 bits per heavy atom. The number of allylic oxidation sites excluding steroid dienone is 1. The van der Waals surface area contributed by atoms with Crippen LogP contribution in [0.15, 0.2) is 24.8 Å². The van der Waals surface area contributed by atoms with Gasteiger partial charge in [0.05, 0.1) is 0 Å². The van der Waals surface area contributed by atoms with Crippen molar-refractivity contribution in [2.24, 2.45) is 0 Å². The van der Waals surface area contributed by atoms with Gasteiger partial charge in [-0.3, -0.25) is 0 Å². The molecule has 86 valence electrons. The number of rotatable bonds is 3. The van der Waals surface area contributed by atoms with Crippen molar-refractivity contribution in [3.05, 3.63) is 47.0 Å². The third-order valence-electron chi connectivity index (χ3n) is 2.76. The van der Waals surface area contributed by atoms with Gasteiger partial charge in [-0.25, -0.2) is 0 Å². The van der Waals surface area contributed by atoms with Crippen LogP contribution in [0.4, 0.5) is 0 Å². The molecule has 0 heterocycles. The molecule has 0 bridgehead atoms. The number of benzene rings is 1. The second-order valence-corrected chi connectivity index (χ2v) is 3.48. The van der Waals surface area contributed by atoms with E-state index >= 15 is 0 Å². The molecule has 1 aromatic rings. The molecule has 0 spiro atoms. The van der Waals surface area contributed by atoms with E-state index in [0.717, 1.165) is 12.8 Å². The van der Waals surface area contributed by atoms with Crippen LogP contribution in [0.3, 0.4) is 0 Å². The van der Waals surface area contributed by atoms with Gasteiger partial charge in [0.25, 0.3) is 0 Å². The van der Waals surface area contributed by atoms with Crippen molar-refractivity contribution >= 4 is 12.4 Å². The molecule has 0 saturated heterocycles. The molecule has 1 aromatic carbocycles. The Bertz CT molecular complexity index is 319. The average molecular weight is 228 g/mol. The van der Waals surface area contributed by atoms with Crippen LogP contribution in [0.5, 0.6) is 0 Å². The van der Waals surface area contributed by atoms with Crippen molar-refractivity contribution in [2.45, 2.75) is 33.6 Å². The van der Waals surface area contributed by atoms with Crippen molar-refractivity contribution in [1.82, 2.24) is 6.15 Å². The third-order valence-corrected chi connectivity index (χ3v) is 2.76. The lowest BCUT2D eigenvalue weighted by Gasteiger charge is -2.10. The van der Waals surface area contributed by atoms with Gasteiger partial charge in [0.1, 0.15) is 0 Å². The minimum absolute atomic E-state index is 0. The number of hydrogen-bond donors (Lipinski definition) is 1. The minimum Gasteiger partial charge on any atom is -0.344 e. The smallest absolute Gasteiger partial charge is 0.00974 e. The van der Waals surface area contributed by atoms with Crippen LogP contribution < -0.4 is 6.15 Å². The maximum absolute atomic E-state index is 3.77. The Morgan fingerprint density at radius 3 is 2.07 bits per heavy atom. The zero-order chi connectivity index (χ0) is 9.84. The van der Waals surface area contributed by atoms with Gasteiger partial charge in [0, 0.05) is 0 Å². The molecule has 15 heavy (non-hydrogen) atoms. The maximum Gasteiger partial charge on any atom is -0.00974 e. The van der Waals surface area contributed by atoms with E-state index in [4.69, 9.17) is 0 Å². The molecule has 0 radical (unpaired) electrons. The number of halogens is 1. The van der Waals surface area contributed by atoms with Gasteiger partial charge in [-0.2, -0.15) is 0 Å². The largest absolute Gasteiger partial charge is 0.344 e. The highest BCUT2D eigenvalue weighted by Crippen LogP contribution is 2.18. The van der Waals surface area contributed by atoms with Crippen molar-refractivity contribution in [3.8, 4) is 0 Å². The molecule has 0 fully saturated rings. The number of hydrogen-bond acceptors (Lipinski definition) is 1. The van der Waals surface area contributed by atoms with Gasteiger partial charge in [-0.1, -0.05) is 25.1 Å². The van der Waals surface area contributed by atoms with E-state index in [9.17, 15) is 0 Å². The Labute approximate surface area is 99.6 Å². The van der Waals surface area contributed by atoms with E-state index in [-0.39, 0.29) is 18.6 Å². The lowest BCUT2D eigenvalue weighted by atomic mass is 9.95. The summed E-state index contributed by atoms with van der Waals surface area (Å²) in [5, 5.41) is 0. The Hall–Kier alpha value is -0.790. The van der Waals surface area contributed by atoms with Crippen molar-refractivity contribution < 1.29 is 0 Å². The third kappa shape index (κ3) is 3.69. The lowest BCUT2D eigenvalue weighted by molar-refractivity contribution is 1.07. The summed E-state index contributed by atoms with van der Waals surface area (Å²) in [7, 11) is 0. The molecule has 1 nitrogen and oxygen atoms in total. The van der Waals surface area contributed by atoms with Gasteiger partial charge in [-0.15, -0.1) is 19.0 Å². The van der Waals surface area contributed by atoms with Gasteiger partial charge >= 0.3 is 0 Å². The fourth-order valence-corrected chi connectivity index (χ4v) is 1.69. The van der Waals surface area contributed by atoms with Gasteiger partial charge in [0.15, 0.2) is 0 Å². The lowest BCUT2D eigenvalue weighted by Crippen LogP contribution is -1.95.